The minimum Gasteiger partial charge on any atom is -0.480 e. The van der Waals surface area contributed by atoms with Crippen LogP contribution in [0.25, 0.3) is 22.4 Å². The molecule has 11 nitrogen and oxygen atoms in total. The summed E-state index contributed by atoms with van der Waals surface area (Å²) in [7, 11) is 1.55. The molecule has 0 atom stereocenters. The quantitative estimate of drug-likeness (QED) is 0.176. The number of hydrogen-bond acceptors (Lipinski definition) is 10. The second-order valence-corrected chi connectivity index (χ2v) is 14.0. The van der Waals surface area contributed by atoms with Gasteiger partial charge in [0.2, 0.25) is 5.88 Å². The zero-order valence-corrected chi connectivity index (χ0v) is 29.2. The molecule has 2 fully saturated rings. The molecule has 51 heavy (non-hydrogen) atoms. The number of rotatable bonds is 11. The van der Waals surface area contributed by atoms with E-state index in [0.717, 1.165) is 25.9 Å². The highest BCUT2D eigenvalue weighted by Crippen LogP contribution is 2.49. The molecule has 0 bridgehead atoms. The number of likely N-dealkylation sites (tertiary alicyclic amines) is 1. The van der Waals surface area contributed by atoms with E-state index in [1.165, 1.54) is 6.07 Å². The first kappa shape index (κ1) is 35.4. The maximum Gasteiger partial charge on any atom is 0.387 e. The molecule has 4 aromatic rings. The van der Waals surface area contributed by atoms with Gasteiger partial charge in [0, 0.05) is 73.0 Å². The summed E-state index contributed by atoms with van der Waals surface area (Å²) in [5.41, 5.74) is 4.22. The molecule has 3 aliphatic rings. The minimum atomic E-state index is -3.08. The molecule has 1 spiro atoms. The fraction of sp³-hybridized carbons (Fsp3) is 0.389. The lowest BCUT2D eigenvalue weighted by atomic mass is 9.62. The number of aromatic nitrogens is 3. The van der Waals surface area contributed by atoms with Gasteiger partial charge in [0.1, 0.15) is 17.1 Å². The standard InChI is InChI=1S/C36H36Cl2F2N6O5/c1-50-34-29(17-46-18-36(19-46)13-20(48)14-36)41-15-27(44-34)24-6-2-4-21(31(24)37)22-5-3-7-25(32(22)38)43-33(49)26-12-30(51-35(39)40)23-8-9-45(10-11-47)16-28(23)42-26/h2-7,12,15,20,35,47-48H,8-11,13-14,16-19H2,1H3,(H,43,49). The molecule has 3 N–H and O–H groups in total. The summed E-state index contributed by atoms with van der Waals surface area (Å²) in [6.07, 6.45) is 3.54. The van der Waals surface area contributed by atoms with Crippen molar-refractivity contribution < 1.29 is 33.3 Å². The summed E-state index contributed by atoms with van der Waals surface area (Å²) in [4.78, 5) is 31.6. The van der Waals surface area contributed by atoms with Crippen molar-refractivity contribution in [2.75, 3.05) is 45.2 Å². The Labute approximate surface area is 303 Å². The first-order valence-corrected chi connectivity index (χ1v) is 17.3. The Bertz CT molecular complexity index is 1960. The van der Waals surface area contributed by atoms with Gasteiger partial charge in [-0.3, -0.25) is 19.6 Å². The summed E-state index contributed by atoms with van der Waals surface area (Å²) >= 11 is 13.9. The lowest BCUT2D eigenvalue weighted by molar-refractivity contribution is -0.131. The number of hydrogen-bond donors (Lipinski definition) is 3. The molecule has 4 heterocycles. The molecule has 2 aromatic heterocycles. The van der Waals surface area contributed by atoms with Gasteiger partial charge >= 0.3 is 6.61 Å². The number of carbonyl (C=O) groups excluding carboxylic acids is 1. The Hall–Kier alpha value is -3.98. The van der Waals surface area contributed by atoms with Gasteiger partial charge in [-0.1, -0.05) is 53.5 Å². The number of alkyl halides is 2. The first-order chi connectivity index (χ1) is 24.6. The van der Waals surface area contributed by atoms with Gasteiger partial charge < -0.3 is 25.0 Å². The van der Waals surface area contributed by atoms with Gasteiger partial charge in [-0.05, 0) is 25.3 Å². The largest absolute Gasteiger partial charge is 0.480 e. The van der Waals surface area contributed by atoms with Crippen LogP contribution in [0.15, 0.2) is 48.7 Å². The number of aliphatic hydroxyl groups is 2. The van der Waals surface area contributed by atoms with Gasteiger partial charge in [-0.25, -0.2) is 9.97 Å². The molecular formula is C36H36Cl2F2N6O5. The first-order valence-electron chi connectivity index (χ1n) is 16.6. The van der Waals surface area contributed by atoms with Crippen molar-refractivity contribution in [1.29, 1.82) is 0 Å². The number of halogens is 4. The van der Waals surface area contributed by atoms with E-state index in [9.17, 15) is 23.8 Å². The van der Waals surface area contributed by atoms with Crippen molar-refractivity contribution in [1.82, 2.24) is 24.8 Å². The van der Waals surface area contributed by atoms with E-state index >= 15 is 0 Å². The van der Waals surface area contributed by atoms with Crippen LogP contribution in [0.4, 0.5) is 14.5 Å². The number of benzene rings is 2. The predicted molar refractivity (Wildman–Crippen MR) is 187 cm³/mol. The molecule has 0 radical (unpaired) electrons. The number of nitrogens with one attached hydrogen (secondary N) is 1. The Balaban J connectivity index is 1.12. The highest BCUT2D eigenvalue weighted by atomic mass is 35.5. The maximum atomic E-state index is 13.5. The number of nitrogens with zero attached hydrogens (tertiary/aromatic N) is 5. The number of anilines is 1. The maximum absolute atomic E-state index is 13.5. The van der Waals surface area contributed by atoms with Crippen LogP contribution in [0, 0.1) is 5.41 Å². The molecule has 1 saturated heterocycles. The van der Waals surface area contributed by atoms with Gasteiger partial charge in [-0.15, -0.1) is 0 Å². The summed E-state index contributed by atoms with van der Waals surface area (Å²) in [6, 6.07) is 11.7. The number of β-amino-alcohol motifs (C(OH)–C–C–N with tert-alkyl or cyclic N) is 1. The zero-order valence-electron chi connectivity index (χ0n) is 27.7. The van der Waals surface area contributed by atoms with E-state index < -0.39 is 12.5 Å². The van der Waals surface area contributed by atoms with Gasteiger partial charge in [-0.2, -0.15) is 8.78 Å². The molecule has 0 unspecified atom stereocenters. The fourth-order valence-corrected chi connectivity index (χ4v) is 7.99. The summed E-state index contributed by atoms with van der Waals surface area (Å²) in [6.45, 7) is 0.432. The number of aliphatic hydroxyl groups excluding tert-OH is 2. The van der Waals surface area contributed by atoms with Crippen molar-refractivity contribution in [3.05, 3.63) is 81.4 Å². The zero-order chi connectivity index (χ0) is 35.9. The lowest BCUT2D eigenvalue weighted by Crippen LogP contribution is -2.63. The number of carbonyl (C=O) groups is 1. The normalized spacial score (nSPS) is 17.2. The molecule has 1 saturated carbocycles. The molecule has 1 aliphatic carbocycles. The second kappa shape index (κ2) is 14.6. The fourth-order valence-electron chi connectivity index (χ4n) is 7.39. The van der Waals surface area contributed by atoms with E-state index in [0.29, 0.717) is 76.3 Å². The number of fused-ring (bicyclic) bond motifs is 1. The number of pyridine rings is 1. The van der Waals surface area contributed by atoms with Crippen LogP contribution in [0.3, 0.4) is 0 Å². The highest BCUT2D eigenvalue weighted by molar-refractivity contribution is 6.39. The van der Waals surface area contributed by atoms with Crippen LogP contribution >= 0.6 is 23.2 Å². The minimum absolute atomic E-state index is 0.0710. The van der Waals surface area contributed by atoms with Crippen molar-refractivity contribution in [2.24, 2.45) is 5.41 Å². The molecule has 7 rings (SSSR count). The van der Waals surface area contributed by atoms with Gasteiger partial charge in [0.25, 0.3) is 5.91 Å². The van der Waals surface area contributed by atoms with Crippen molar-refractivity contribution in [3.8, 4) is 34.0 Å². The van der Waals surface area contributed by atoms with Crippen LogP contribution in [-0.4, -0.2) is 93.5 Å². The third kappa shape index (κ3) is 7.24. The number of ether oxygens (including phenoxy) is 2. The summed E-state index contributed by atoms with van der Waals surface area (Å²) in [5.74, 6) is -0.384. The number of methoxy groups -OCH3 is 1. The van der Waals surface area contributed by atoms with Crippen LogP contribution in [0.1, 0.15) is 40.3 Å². The van der Waals surface area contributed by atoms with Crippen LogP contribution in [-0.2, 0) is 19.5 Å². The molecule has 15 heteroatoms. The third-order valence-corrected chi connectivity index (χ3v) is 10.5. The van der Waals surface area contributed by atoms with Crippen molar-refractivity contribution >= 4 is 34.8 Å². The average Bonchev–Trinajstić information content (AvgIpc) is 3.07. The van der Waals surface area contributed by atoms with Crippen molar-refractivity contribution in [2.45, 2.75) is 45.1 Å². The molecular weight excluding hydrogens is 705 g/mol. The molecule has 2 aromatic carbocycles. The van der Waals surface area contributed by atoms with Gasteiger partial charge in [0.05, 0.1) is 53.1 Å². The lowest BCUT2D eigenvalue weighted by Gasteiger charge is -2.57. The number of amides is 1. The van der Waals surface area contributed by atoms with E-state index in [1.54, 1.807) is 37.6 Å². The van der Waals surface area contributed by atoms with E-state index in [1.807, 2.05) is 17.0 Å². The van der Waals surface area contributed by atoms with E-state index in [2.05, 4.69) is 20.2 Å². The average molecular weight is 742 g/mol. The van der Waals surface area contributed by atoms with E-state index in [4.69, 9.17) is 37.7 Å². The topological polar surface area (TPSA) is 133 Å². The van der Waals surface area contributed by atoms with Crippen LogP contribution < -0.4 is 14.8 Å². The Kier molecular flexibility index (Phi) is 10.1. The van der Waals surface area contributed by atoms with Crippen LogP contribution in [0.5, 0.6) is 11.6 Å². The van der Waals surface area contributed by atoms with Crippen LogP contribution in [0.2, 0.25) is 10.0 Å². The molecule has 1 amide bonds. The Morgan fingerprint density at radius 3 is 2.51 bits per heavy atom. The highest BCUT2D eigenvalue weighted by Gasteiger charge is 2.51. The summed E-state index contributed by atoms with van der Waals surface area (Å²) in [5, 5.41) is 22.4. The molecule has 268 valence electrons. The predicted octanol–water partition coefficient (Wildman–Crippen LogP) is 5.68. The summed E-state index contributed by atoms with van der Waals surface area (Å²) < 4.78 is 37.0. The third-order valence-electron chi connectivity index (χ3n) is 9.73. The Morgan fingerprint density at radius 1 is 1.08 bits per heavy atom. The second-order valence-electron chi connectivity index (χ2n) is 13.3. The van der Waals surface area contributed by atoms with E-state index in [-0.39, 0.29) is 46.8 Å². The SMILES string of the molecule is COc1nc(-c2cccc(-c3cccc(NC(=O)c4cc(OC(F)F)c5c(n4)CN(CCO)CC5)c3Cl)c2Cl)cnc1CN1CC2(CC(O)C2)C1. The molecule has 2 aliphatic heterocycles. The van der Waals surface area contributed by atoms with Gasteiger partial charge in [0.15, 0.2) is 0 Å². The monoisotopic (exact) mass is 740 g/mol. The van der Waals surface area contributed by atoms with Crippen molar-refractivity contribution in [3.63, 3.8) is 0 Å². The Morgan fingerprint density at radius 2 is 1.80 bits per heavy atom. The smallest absolute Gasteiger partial charge is 0.387 e.